The van der Waals surface area contributed by atoms with Gasteiger partial charge in [-0.15, -0.1) is 0 Å². The Kier molecular flexibility index (Phi) is 7.10. The second kappa shape index (κ2) is 10.0. The van der Waals surface area contributed by atoms with Crippen molar-refractivity contribution in [2.75, 3.05) is 6.61 Å². The van der Waals surface area contributed by atoms with E-state index in [-0.39, 0.29) is 64.9 Å². The van der Waals surface area contributed by atoms with Gasteiger partial charge in [-0.3, -0.25) is 4.79 Å². The molecular weight excluding hydrogens is 620 g/mol. The molecule has 0 amide bonds. The fourth-order valence-electron chi connectivity index (χ4n) is 13.5. The number of carbonyl (C=O) groups is 1. The van der Waals surface area contributed by atoms with Crippen molar-refractivity contribution >= 4 is 5.97 Å². The maximum Gasteiger partial charge on any atom is 0.302 e. The number of aliphatic hydroxyl groups excluding tert-OH is 4. The third kappa shape index (κ3) is 3.89. The van der Waals surface area contributed by atoms with Crippen LogP contribution in [0.1, 0.15) is 93.9 Å². The molecule has 0 radical (unpaired) electrons. The molecule has 0 aromatic carbocycles. The second-order valence-corrected chi connectivity index (χ2v) is 18.5. The highest BCUT2D eigenvalue weighted by Crippen LogP contribution is 2.88. The van der Waals surface area contributed by atoms with Crippen molar-refractivity contribution in [1.29, 1.82) is 0 Å². The minimum absolute atomic E-state index is 0.0107. The zero-order valence-corrected chi connectivity index (χ0v) is 29.6. The third-order valence-electron chi connectivity index (χ3n) is 15.8. The van der Waals surface area contributed by atoms with Gasteiger partial charge >= 0.3 is 5.97 Å². The minimum Gasteiger partial charge on any atom is -0.462 e. The molecule has 3 saturated heterocycles. The number of hydrogen-bond donors (Lipinski definition) is 5. The molecule has 2 spiro atoms. The molecule has 5 aliphatic carbocycles. The van der Waals surface area contributed by atoms with Gasteiger partial charge in [0.25, 0.3) is 0 Å². The van der Waals surface area contributed by atoms with E-state index < -0.39 is 59.0 Å². The summed E-state index contributed by atoms with van der Waals surface area (Å²) >= 11 is 0. The second-order valence-electron chi connectivity index (χ2n) is 18.5. The Bertz CT molecular complexity index is 1410. The van der Waals surface area contributed by atoms with E-state index in [0.29, 0.717) is 6.42 Å². The van der Waals surface area contributed by atoms with Crippen LogP contribution in [0.3, 0.4) is 0 Å². The van der Waals surface area contributed by atoms with Crippen LogP contribution in [-0.4, -0.2) is 105 Å². The van der Waals surface area contributed by atoms with Gasteiger partial charge in [0, 0.05) is 29.1 Å². The smallest absolute Gasteiger partial charge is 0.302 e. The van der Waals surface area contributed by atoms with E-state index in [0.717, 1.165) is 32.1 Å². The monoisotopic (exact) mass is 676 g/mol. The molecule has 0 unspecified atom stereocenters. The van der Waals surface area contributed by atoms with Crippen LogP contribution in [0.4, 0.5) is 0 Å². The molecule has 0 aromatic heterocycles. The predicted molar refractivity (Wildman–Crippen MR) is 170 cm³/mol. The van der Waals surface area contributed by atoms with Crippen molar-refractivity contribution in [2.45, 2.75) is 160 Å². The molecule has 5 N–H and O–H groups in total. The fraction of sp³-hybridized carbons (Fsp3) is 0.919. The predicted octanol–water partition coefficient (Wildman–Crippen LogP) is 2.58. The normalized spacial score (nSPS) is 58.7. The molecule has 3 heterocycles. The average Bonchev–Trinajstić information content (AvgIpc) is 3.52. The highest BCUT2D eigenvalue weighted by molar-refractivity contribution is 5.66. The van der Waals surface area contributed by atoms with Crippen molar-refractivity contribution in [1.82, 2.24) is 0 Å². The summed E-state index contributed by atoms with van der Waals surface area (Å²) in [4.78, 5) is 12.9. The van der Waals surface area contributed by atoms with Crippen LogP contribution < -0.4 is 0 Å². The van der Waals surface area contributed by atoms with Gasteiger partial charge in [0.2, 0.25) is 5.79 Å². The Hall–Kier alpha value is -1.15. The number of ether oxygens (including phenoxy) is 5. The maximum absolute atomic E-state index is 12.9. The van der Waals surface area contributed by atoms with Crippen molar-refractivity contribution < 1.29 is 54.0 Å². The standard InChI is InChI=1S/C37H56O11/c1-17-25-20(47-37(43)28(17)48-32(5,6)30(37)42)13-33(7)22-10-9-21-31(3,4)23(46-29-27(41)26(40)19(39)15-44-29)11-12-35(21)16-36(22,35)14-24(34(25,33)8)45-18(2)38/h10,17,19-21,23-30,39-43H,9,11-16H2,1-8H3/t17-,19+,20-,21+,23-,24+,25-,26-,27+,28+,29-,30+,33-,34+,35+,36-,37-/m0/s1. The topological polar surface area (TPSA) is 164 Å². The van der Waals surface area contributed by atoms with Crippen molar-refractivity contribution in [3.05, 3.63) is 11.6 Å². The summed E-state index contributed by atoms with van der Waals surface area (Å²) < 4.78 is 31.5. The number of rotatable bonds is 3. The Labute approximate surface area is 283 Å². The number of carbonyl (C=O) groups excluding carboxylic acids is 1. The third-order valence-corrected chi connectivity index (χ3v) is 15.8. The number of esters is 1. The molecule has 4 saturated carbocycles. The summed E-state index contributed by atoms with van der Waals surface area (Å²) in [5.74, 6) is -2.11. The van der Waals surface area contributed by atoms with Gasteiger partial charge in [0.1, 0.15) is 36.6 Å². The molecule has 8 aliphatic rings. The Morgan fingerprint density at radius 3 is 2.38 bits per heavy atom. The molecule has 0 bridgehead atoms. The van der Waals surface area contributed by atoms with Gasteiger partial charge < -0.3 is 49.2 Å². The zero-order chi connectivity index (χ0) is 34.8. The van der Waals surface area contributed by atoms with Crippen LogP contribution in [0, 0.1) is 44.8 Å². The minimum atomic E-state index is -1.82. The van der Waals surface area contributed by atoms with Crippen molar-refractivity contribution in [2.24, 2.45) is 44.8 Å². The summed E-state index contributed by atoms with van der Waals surface area (Å²) in [6.07, 6.45) is -0.377. The van der Waals surface area contributed by atoms with E-state index in [1.54, 1.807) is 13.8 Å². The Morgan fingerprint density at radius 1 is 0.979 bits per heavy atom. The van der Waals surface area contributed by atoms with Crippen LogP contribution in [0.15, 0.2) is 11.6 Å². The van der Waals surface area contributed by atoms with E-state index in [1.165, 1.54) is 12.5 Å². The maximum atomic E-state index is 12.9. The number of hydrogen-bond acceptors (Lipinski definition) is 11. The van der Waals surface area contributed by atoms with Gasteiger partial charge in [-0.25, -0.2) is 0 Å². The van der Waals surface area contributed by atoms with Gasteiger partial charge in [0.05, 0.1) is 24.4 Å². The Balaban J connectivity index is 1.15. The average molecular weight is 677 g/mol. The van der Waals surface area contributed by atoms with E-state index in [1.807, 2.05) is 0 Å². The van der Waals surface area contributed by atoms with E-state index in [9.17, 15) is 30.3 Å². The number of aliphatic hydroxyl groups is 5. The number of allylic oxidation sites excluding steroid dienone is 2. The first-order chi connectivity index (χ1) is 22.2. The summed E-state index contributed by atoms with van der Waals surface area (Å²) in [6.45, 7) is 16.1. The molecule has 3 aliphatic heterocycles. The SMILES string of the molecule is CC(=O)O[C@@H]1C[C@@]23C[C@@]24CC[C@H](O[C@@H]2OC[C@@H](O)[C@H](O)[C@H]2O)C(C)(C)[C@H]4CC=C3[C@]2(C)C[C@@H]3O[C@@]4(O)[C@H](OC(C)(C)[C@H]4O)[C@@H](C)[C@@H]3[C@@]12C. The lowest BCUT2D eigenvalue weighted by atomic mass is 9.44. The lowest BCUT2D eigenvalue weighted by molar-refractivity contribution is -0.329. The summed E-state index contributed by atoms with van der Waals surface area (Å²) in [5.41, 5.74) is -0.907. The molecule has 17 atom stereocenters. The van der Waals surface area contributed by atoms with E-state index >= 15 is 0 Å². The first-order valence-corrected chi connectivity index (χ1v) is 18.2. The van der Waals surface area contributed by atoms with E-state index in [2.05, 4.69) is 40.7 Å². The summed E-state index contributed by atoms with van der Waals surface area (Å²) in [6, 6.07) is 0. The van der Waals surface area contributed by atoms with Crippen molar-refractivity contribution in [3.8, 4) is 0 Å². The molecule has 0 aromatic rings. The van der Waals surface area contributed by atoms with Crippen LogP contribution in [0.5, 0.6) is 0 Å². The van der Waals surface area contributed by atoms with Crippen LogP contribution in [0.2, 0.25) is 0 Å². The lowest BCUT2D eigenvalue weighted by Crippen LogP contribution is -2.64. The fourth-order valence-corrected chi connectivity index (χ4v) is 13.5. The molecular formula is C37H56O11. The Morgan fingerprint density at radius 2 is 1.69 bits per heavy atom. The number of fused-ring (bicyclic) bond motifs is 5. The van der Waals surface area contributed by atoms with Crippen LogP contribution >= 0.6 is 0 Å². The van der Waals surface area contributed by atoms with Crippen molar-refractivity contribution in [3.63, 3.8) is 0 Å². The molecule has 8 rings (SSSR count). The lowest BCUT2D eigenvalue weighted by Gasteiger charge is -2.62. The highest BCUT2D eigenvalue weighted by atomic mass is 16.7. The first kappa shape index (κ1) is 34.0. The zero-order valence-electron chi connectivity index (χ0n) is 29.6. The molecule has 11 nitrogen and oxygen atoms in total. The van der Waals surface area contributed by atoms with Crippen LogP contribution in [0.25, 0.3) is 0 Å². The van der Waals surface area contributed by atoms with Gasteiger partial charge in [-0.2, -0.15) is 0 Å². The highest BCUT2D eigenvalue weighted by Gasteiger charge is 2.85. The first-order valence-electron chi connectivity index (χ1n) is 18.2. The largest absolute Gasteiger partial charge is 0.462 e. The molecule has 7 fully saturated rings. The van der Waals surface area contributed by atoms with Gasteiger partial charge in [0.15, 0.2) is 6.29 Å². The van der Waals surface area contributed by atoms with E-state index in [4.69, 9.17) is 23.7 Å². The quantitative estimate of drug-likeness (QED) is 0.221. The summed E-state index contributed by atoms with van der Waals surface area (Å²) in [5, 5.41) is 54.0. The molecule has 48 heavy (non-hydrogen) atoms. The molecule has 11 heteroatoms. The van der Waals surface area contributed by atoms with Crippen LogP contribution in [-0.2, 0) is 28.5 Å². The van der Waals surface area contributed by atoms with Gasteiger partial charge in [-0.05, 0) is 75.0 Å². The summed E-state index contributed by atoms with van der Waals surface area (Å²) in [7, 11) is 0. The molecule has 270 valence electrons. The van der Waals surface area contributed by atoms with Gasteiger partial charge in [-0.1, -0.05) is 46.3 Å².